The maximum Gasteiger partial charge on any atom is 0.163 e. The summed E-state index contributed by atoms with van der Waals surface area (Å²) in [5.41, 5.74) is 4.79. The predicted molar refractivity (Wildman–Crippen MR) is 110 cm³/mol. The van der Waals surface area contributed by atoms with E-state index in [1.807, 2.05) is 56.7 Å². The summed E-state index contributed by atoms with van der Waals surface area (Å²) in [5.74, 6) is 0.673. The zero-order chi connectivity index (χ0) is 18.1. The molecule has 0 radical (unpaired) electrons. The minimum atomic E-state index is 0.673. The second-order valence-electron chi connectivity index (χ2n) is 6.25. The molecule has 0 saturated carbocycles. The minimum absolute atomic E-state index is 0.673. The van der Waals surface area contributed by atoms with E-state index in [-0.39, 0.29) is 0 Å². The van der Waals surface area contributed by atoms with Crippen LogP contribution in [0.15, 0.2) is 71.3 Å². The molecule has 0 N–H and O–H groups in total. The molecular formula is C21H17BrN4. The fourth-order valence-electron chi connectivity index (χ4n) is 2.77. The maximum atomic E-state index is 4.75. The average Bonchev–Trinajstić information content (AvgIpc) is 2.67. The van der Waals surface area contributed by atoms with E-state index in [1.54, 1.807) is 0 Å². The smallest absolute Gasteiger partial charge is 0.163 e. The van der Waals surface area contributed by atoms with Gasteiger partial charge < -0.3 is 4.90 Å². The number of nitrogens with zero attached hydrogens (tertiary/aromatic N) is 4. The highest BCUT2D eigenvalue weighted by molar-refractivity contribution is 9.10. The van der Waals surface area contributed by atoms with E-state index in [0.717, 1.165) is 32.4 Å². The van der Waals surface area contributed by atoms with Gasteiger partial charge in [-0.25, -0.2) is 15.0 Å². The Kier molecular flexibility index (Phi) is 4.39. The summed E-state index contributed by atoms with van der Waals surface area (Å²) in [6.45, 7) is 0. The molecule has 0 bridgehead atoms. The number of hydrogen-bond acceptors (Lipinski definition) is 4. The zero-order valence-electron chi connectivity index (χ0n) is 14.5. The van der Waals surface area contributed by atoms with E-state index < -0.39 is 0 Å². The van der Waals surface area contributed by atoms with Gasteiger partial charge >= 0.3 is 0 Å². The first-order chi connectivity index (χ1) is 12.6. The molecule has 0 unspecified atom stereocenters. The van der Waals surface area contributed by atoms with Crippen molar-refractivity contribution in [2.45, 2.75) is 0 Å². The van der Waals surface area contributed by atoms with Crippen LogP contribution in [0, 0.1) is 0 Å². The number of anilines is 1. The number of rotatable bonds is 3. The van der Waals surface area contributed by atoms with Crippen LogP contribution >= 0.6 is 15.9 Å². The van der Waals surface area contributed by atoms with Crippen LogP contribution in [0.4, 0.5) is 5.69 Å². The first-order valence-electron chi connectivity index (χ1n) is 8.28. The zero-order valence-corrected chi connectivity index (χ0v) is 16.1. The summed E-state index contributed by atoms with van der Waals surface area (Å²) in [4.78, 5) is 16.0. The predicted octanol–water partition coefficient (Wildman–Crippen LogP) is 5.19. The standard InChI is InChI=1S/C21H17BrN4/c1-26(2)18-9-6-14(7-10-18)19-11-8-16-13-23-20(25-21(16)24-19)15-4-3-5-17(22)12-15/h3-13H,1-2H3. The van der Waals surface area contributed by atoms with E-state index in [0.29, 0.717) is 11.5 Å². The lowest BCUT2D eigenvalue weighted by Gasteiger charge is -2.12. The Bertz CT molecular complexity index is 1070. The number of pyridine rings is 1. The topological polar surface area (TPSA) is 41.9 Å². The summed E-state index contributed by atoms with van der Waals surface area (Å²) >= 11 is 3.49. The van der Waals surface area contributed by atoms with Gasteiger partial charge in [-0.1, -0.05) is 40.2 Å². The number of hydrogen-bond donors (Lipinski definition) is 0. The highest BCUT2D eigenvalue weighted by Gasteiger charge is 2.07. The number of aromatic nitrogens is 3. The SMILES string of the molecule is CN(C)c1ccc(-c2ccc3cnc(-c4cccc(Br)c4)nc3n2)cc1. The average molecular weight is 405 g/mol. The van der Waals surface area contributed by atoms with E-state index in [2.05, 4.69) is 55.1 Å². The van der Waals surface area contributed by atoms with Crippen molar-refractivity contribution >= 4 is 32.7 Å². The van der Waals surface area contributed by atoms with Gasteiger partial charge in [0.1, 0.15) is 0 Å². The number of halogens is 1. The molecule has 0 amide bonds. The van der Waals surface area contributed by atoms with Gasteiger partial charge in [-0.05, 0) is 36.4 Å². The largest absolute Gasteiger partial charge is 0.378 e. The normalized spacial score (nSPS) is 10.9. The Hall–Kier alpha value is -2.79. The Morgan fingerprint density at radius 1 is 0.846 bits per heavy atom. The molecule has 4 rings (SSSR count). The highest BCUT2D eigenvalue weighted by Crippen LogP contribution is 2.25. The molecule has 0 atom stereocenters. The summed E-state index contributed by atoms with van der Waals surface area (Å²) in [6.07, 6.45) is 1.82. The third kappa shape index (κ3) is 3.30. The molecule has 4 aromatic rings. The maximum absolute atomic E-state index is 4.75. The van der Waals surface area contributed by atoms with Crippen molar-refractivity contribution in [2.75, 3.05) is 19.0 Å². The Morgan fingerprint density at radius 2 is 1.65 bits per heavy atom. The van der Waals surface area contributed by atoms with Gasteiger partial charge in [-0.2, -0.15) is 0 Å². The van der Waals surface area contributed by atoms with E-state index >= 15 is 0 Å². The van der Waals surface area contributed by atoms with E-state index in [4.69, 9.17) is 4.98 Å². The highest BCUT2D eigenvalue weighted by atomic mass is 79.9. The van der Waals surface area contributed by atoms with Gasteiger partial charge in [0.2, 0.25) is 0 Å². The van der Waals surface area contributed by atoms with Crippen molar-refractivity contribution in [1.29, 1.82) is 0 Å². The first-order valence-corrected chi connectivity index (χ1v) is 9.07. The molecule has 0 aliphatic heterocycles. The van der Waals surface area contributed by atoms with Gasteiger partial charge in [0.15, 0.2) is 11.5 Å². The number of benzene rings is 2. The van der Waals surface area contributed by atoms with Crippen molar-refractivity contribution in [1.82, 2.24) is 15.0 Å². The summed E-state index contributed by atoms with van der Waals surface area (Å²) in [6, 6.07) is 20.3. The molecule has 0 saturated heterocycles. The van der Waals surface area contributed by atoms with Crippen LogP contribution < -0.4 is 4.90 Å². The van der Waals surface area contributed by atoms with Gasteiger partial charge in [0.25, 0.3) is 0 Å². The van der Waals surface area contributed by atoms with E-state index in [1.165, 1.54) is 0 Å². The summed E-state index contributed by atoms with van der Waals surface area (Å²) in [5, 5.41) is 0.928. The molecular weight excluding hydrogens is 388 g/mol. The van der Waals surface area contributed by atoms with Gasteiger partial charge in [-0.15, -0.1) is 0 Å². The van der Waals surface area contributed by atoms with Crippen LogP contribution in [0.5, 0.6) is 0 Å². The van der Waals surface area contributed by atoms with Crippen molar-refractivity contribution < 1.29 is 0 Å². The van der Waals surface area contributed by atoms with Crippen molar-refractivity contribution in [3.05, 3.63) is 71.3 Å². The fourth-order valence-corrected chi connectivity index (χ4v) is 3.17. The summed E-state index contributed by atoms with van der Waals surface area (Å²) < 4.78 is 1.00. The Balaban J connectivity index is 1.76. The quantitative estimate of drug-likeness (QED) is 0.471. The van der Waals surface area contributed by atoms with Crippen LogP contribution in [0.3, 0.4) is 0 Å². The van der Waals surface area contributed by atoms with Crippen molar-refractivity contribution in [3.8, 4) is 22.6 Å². The van der Waals surface area contributed by atoms with E-state index in [9.17, 15) is 0 Å². The fraction of sp³-hybridized carbons (Fsp3) is 0.0952. The molecule has 0 spiro atoms. The molecule has 2 aromatic carbocycles. The Labute approximate surface area is 160 Å². The lowest BCUT2D eigenvalue weighted by atomic mass is 10.1. The first kappa shape index (κ1) is 16.7. The second kappa shape index (κ2) is 6.84. The van der Waals surface area contributed by atoms with Crippen LogP contribution in [-0.2, 0) is 0 Å². The second-order valence-corrected chi connectivity index (χ2v) is 7.17. The molecule has 26 heavy (non-hydrogen) atoms. The molecule has 0 aliphatic carbocycles. The molecule has 0 fully saturated rings. The van der Waals surface area contributed by atoms with Gasteiger partial charge in [0, 0.05) is 47.0 Å². The van der Waals surface area contributed by atoms with Gasteiger partial charge in [0.05, 0.1) is 5.69 Å². The molecule has 2 heterocycles. The lowest BCUT2D eigenvalue weighted by Crippen LogP contribution is -2.07. The van der Waals surface area contributed by atoms with Crippen molar-refractivity contribution in [3.63, 3.8) is 0 Å². The third-order valence-corrected chi connectivity index (χ3v) is 4.70. The molecule has 128 valence electrons. The molecule has 4 nitrogen and oxygen atoms in total. The lowest BCUT2D eigenvalue weighted by molar-refractivity contribution is 1.13. The summed E-state index contributed by atoms with van der Waals surface area (Å²) in [7, 11) is 4.06. The third-order valence-electron chi connectivity index (χ3n) is 4.21. The molecule has 2 aromatic heterocycles. The van der Waals surface area contributed by atoms with Gasteiger partial charge in [-0.3, -0.25) is 0 Å². The van der Waals surface area contributed by atoms with Crippen molar-refractivity contribution in [2.24, 2.45) is 0 Å². The van der Waals surface area contributed by atoms with Crippen LogP contribution in [0.25, 0.3) is 33.7 Å². The Morgan fingerprint density at radius 3 is 2.38 bits per heavy atom. The molecule has 0 aliphatic rings. The van der Waals surface area contributed by atoms with Crippen LogP contribution in [-0.4, -0.2) is 29.0 Å². The van der Waals surface area contributed by atoms with Crippen LogP contribution in [0.2, 0.25) is 0 Å². The molecule has 5 heteroatoms. The minimum Gasteiger partial charge on any atom is -0.378 e. The van der Waals surface area contributed by atoms with Crippen LogP contribution in [0.1, 0.15) is 0 Å². The monoisotopic (exact) mass is 404 g/mol. The number of fused-ring (bicyclic) bond motifs is 1.